The molecule has 0 unspecified atom stereocenters. The Hall–Kier alpha value is -2.20. The average molecular weight is 414 g/mol. The maximum absolute atomic E-state index is 13.6. The summed E-state index contributed by atoms with van der Waals surface area (Å²) in [5.74, 6) is -0.595. The Morgan fingerprint density at radius 3 is 2.44 bits per heavy atom. The summed E-state index contributed by atoms with van der Waals surface area (Å²) < 4.78 is 45.6. The first-order valence-corrected chi connectivity index (χ1v) is 9.90. The van der Waals surface area contributed by atoms with Gasteiger partial charge in [-0.3, -0.25) is 0 Å². The highest BCUT2D eigenvalue weighted by molar-refractivity contribution is 7.89. The first kappa shape index (κ1) is 19.6. The van der Waals surface area contributed by atoms with Gasteiger partial charge in [0.15, 0.2) is 0 Å². The van der Waals surface area contributed by atoms with Crippen LogP contribution < -0.4 is 10.6 Å². The quantitative estimate of drug-likeness (QED) is 0.806. The standard InChI is InChI=1S/C17H17ClFN3O4S/c18-13-6-5-12(27(24,25)22-7-9-26-10-8-22)11-16(13)21-17(23)20-15-4-2-1-3-14(15)19/h1-6,11H,7-10H2,(H2,20,21,23). The van der Waals surface area contributed by atoms with Crippen molar-refractivity contribution in [2.75, 3.05) is 36.9 Å². The van der Waals surface area contributed by atoms with E-state index in [-0.39, 0.29) is 34.4 Å². The van der Waals surface area contributed by atoms with Gasteiger partial charge >= 0.3 is 6.03 Å². The van der Waals surface area contributed by atoms with Gasteiger partial charge in [0.2, 0.25) is 10.0 Å². The highest BCUT2D eigenvalue weighted by Crippen LogP contribution is 2.27. The van der Waals surface area contributed by atoms with E-state index in [1.807, 2.05) is 0 Å². The van der Waals surface area contributed by atoms with Gasteiger partial charge in [-0.2, -0.15) is 4.31 Å². The van der Waals surface area contributed by atoms with Crippen LogP contribution in [0.3, 0.4) is 0 Å². The first-order valence-electron chi connectivity index (χ1n) is 8.08. The largest absolute Gasteiger partial charge is 0.379 e. The van der Waals surface area contributed by atoms with E-state index < -0.39 is 21.9 Å². The average Bonchev–Trinajstić information content (AvgIpc) is 2.66. The van der Waals surface area contributed by atoms with Gasteiger partial charge in [-0.15, -0.1) is 0 Å². The molecule has 0 aliphatic carbocycles. The van der Waals surface area contributed by atoms with Gasteiger partial charge in [-0.25, -0.2) is 17.6 Å². The van der Waals surface area contributed by atoms with Gasteiger partial charge < -0.3 is 15.4 Å². The van der Waals surface area contributed by atoms with Crippen LogP contribution in [0.25, 0.3) is 0 Å². The molecule has 0 saturated carbocycles. The Labute approximate surface area is 161 Å². The number of morpholine rings is 1. The molecule has 1 aliphatic rings. The third-order valence-corrected chi connectivity index (χ3v) is 6.14. The Morgan fingerprint density at radius 2 is 1.74 bits per heavy atom. The number of hydrogen-bond donors (Lipinski definition) is 2. The number of carbonyl (C=O) groups excluding carboxylic acids is 1. The Balaban J connectivity index is 1.79. The van der Waals surface area contributed by atoms with Crippen LogP contribution >= 0.6 is 11.6 Å². The van der Waals surface area contributed by atoms with E-state index in [1.54, 1.807) is 6.07 Å². The van der Waals surface area contributed by atoms with Crippen molar-refractivity contribution >= 4 is 39.0 Å². The monoisotopic (exact) mass is 413 g/mol. The maximum atomic E-state index is 13.6. The maximum Gasteiger partial charge on any atom is 0.323 e. The van der Waals surface area contributed by atoms with E-state index in [0.29, 0.717) is 13.2 Å². The number of para-hydroxylation sites is 1. The molecule has 0 aromatic heterocycles. The zero-order valence-corrected chi connectivity index (χ0v) is 15.7. The fourth-order valence-electron chi connectivity index (χ4n) is 2.54. The van der Waals surface area contributed by atoms with Crippen molar-refractivity contribution in [3.8, 4) is 0 Å². The van der Waals surface area contributed by atoms with Crippen LogP contribution in [0.1, 0.15) is 0 Å². The van der Waals surface area contributed by atoms with Crippen molar-refractivity contribution in [1.82, 2.24) is 4.31 Å². The molecule has 0 radical (unpaired) electrons. The number of nitrogens with one attached hydrogen (secondary N) is 2. The molecule has 1 aliphatic heterocycles. The molecule has 27 heavy (non-hydrogen) atoms. The molecule has 2 aromatic carbocycles. The summed E-state index contributed by atoms with van der Waals surface area (Å²) in [5.41, 5.74) is 0.0862. The number of amides is 2. The summed E-state index contributed by atoms with van der Waals surface area (Å²) in [7, 11) is -3.74. The highest BCUT2D eigenvalue weighted by Gasteiger charge is 2.27. The molecule has 10 heteroatoms. The minimum atomic E-state index is -3.74. The molecule has 144 valence electrons. The van der Waals surface area contributed by atoms with Crippen molar-refractivity contribution in [1.29, 1.82) is 0 Å². The lowest BCUT2D eigenvalue weighted by Crippen LogP contribution is -2.40. The number of urea groups is 1. The molecule has 2 aromatic rings. The van der Waals surface area contributed by atoms with Crippen LogP contribution in [0.15, 0.2) is 47.4 Å². The fraction of sp³-hybridized carbons (Fsp3) is 0.235. The molecule has 1 saturated heterocycles. The molecule has 2 N–H and O–H groups in total. The number of anilines is 2. The van der Waals surface area contributed by atoms with Crippen molar-refractivity contribution < 1.29 is 22.3 Å². The van der Waals surface area contributed by atoms with E-state index in [1.165, 1.54) is 40.7 Å². The predicted octanol–water partition coefficient (Wildman–Crippen LogP) is 3.14. The SMILES string of the molecule is O=C(Nc1ccccc1F)Nc1cc(S(=O)(=O)N2CCOCC2)ccc1Cl. The van der Waals surface area contributed by atoms with Crippen molar-refractivity contribution in [3.63, 3.8) is 0 Å². The molecule has 0 bridgehead atoms. The molecule has 7 nitrogen and oxygen atoms in total. The summed E-state index contributed by atoms with van der Waals surface area (Å²) in [5, 5.41) is 4.94. The molecule has 3 rings (SSSR count). The number of nitrogens with zero attached hydrogens (tertiary/aromatic N) is 1. The minimum Gasteiger partial charge on any atom is -0.379 e. The van der Waals surface area contributed by atoms with Crippen LogP contribution in [0, 0.1) is 5.82 Å². The number of hydrogen-bond acceptors (Lipinski definition) is 4. The molecular weight excluding hydrogens is 397 g/mol. The number of ether oxygens (including phenoxy) is 1. The van der Waals surface area contributed by atoms with Crippen LogP contribution in [-0.2, 0) is 14.8 Å². The highest BCUT2D eigenvalue weighted by atomic mass is 35.5. The van der Waals surface area contributed by atoms with Gasteiger partial charge in [0.1, 0.15) is 5.82 Å². The van der Waals surface area contributed by atoms with Crippen LogP contribution in [0.5, 0.6) is 0 Å². The lowest BCUT2D eigenvalue weighted by atomic mass is 10.3. The van der Waals surface area contributed by atoms with Gasteiger partial charge in [-0.1, -0.05) is 23.7 Å². The zero-order valence-electron chi connectivity index (χ0n) is 14.1. The Morgan fingerprint density at radius 1 is 1.07 bits per heavy atom. The minimum absolute atomic E-state index is 0.00464. The normalized spacial score (nSPS) is 15.3. The van der Waals surface area contributed by atoms with Gasteiger partial charge in [0.05, 0.1) is 34.5 Å². The third kappa shape index (κ3) is 4.56. The smallest absolute Gasteiger partial charge is 0.323 e. The second-order valence-electron chi connectivity index (χ2n) is 5.72. The topological polar surface area (TPSA) is 87.7 Å². The van der Waals surface area contributed by atoms with E-state index >= 15 is 0 Å². The number of rotatable bonds is 4. The summed E-state index contributed by atoms with van der Waals surface area (Å²) in [6, 6.07) is 8.95. The van der Waals surface area contributed by atoms with Crippen LogP contribution in [-0.4, -0.2) is 45.1 Å². The Bertz CT molecular complexity index is 949. The lowest BCUT2D eigenvalue weighted by Gasteiger charge is -2.26. The van der Waals surface area contributed by atoms with E-state index in [2.05, 4.69) is 10.6 Å². The molecular formula is C17H17ClFN3O4S. The van der Waals surface area contributed by atoms with Gasteiger partial charge in [0, 0.05) is 13.1 Å². The summed E-state index contributed by atoms with van der Waals surface area (Å²) in [6.45, 7) is 1.15. The summed E-state index contributed by atoms with van der Waals surface area (Å²) >= 11 is 6.07. The van der Waals surface area contributed by atoms with Gasteiger partial charge in [-0.05, 0) is 30.3 Å². The molecule has 2 amide bonds. The number of carbonyl (C=O) groups is 1. The van der Waals surface area contributed by atoms with E-state index in [0.717, 1.165) is 0 Å². The predicted molar refractivity (Wildman–Crippen MR) is 100 cm³/mol. The van der Waals surface area contributed by atoms with E-state index in [4.69, 9.17) is 16.3 Å². The Kier molecular flexibility index (Phi) is 5.95. The molecule has 1 heterocycles. The second-order valence-corrected chi connectivity index (χ2v) is 8.06. The van der Waals surface area contributed by atoms with Crippen molar-refractivity contribution in [3.05, 3.63) is 53.3 Å². The fourth-order valence-corrected chi connectivity index (χ4v) is 4.13. The molecule has 1 fully saturated rings. The lowest BCUT2D eigenvalue weighted by molar-refractivity contribution is 0.0730. The molecule has 0 atom stereocenters. The first-order chi connectivity index (χ1) is 12.9. The summed E-state index contributed by atoms with van der Waals surface area (Å²) in [4.78, 5) is 12.1. The third-order valence-electron chi connectivity index (χ3n) is 3.92. The number of sulfonamides is 1. The van der Waals surface area contributed by atoms with Crippen LogP contribution in [0.4, 0.5) is 20.6 Å². The van der Waals surface area contributed by atoms with Gasteiger partial charge in [0.25, 0.3) is 0 Å². The van der Waals surface area contributed by atoms with Crippen molar-refractivity contribution in [2.24, 2.45) is 0 Å². The second kappa shape index (κ2) is 8.22. The number of halogens is 2. The zero-order chi connectivity index (χ0) is 19.4. The molecule has 0 spiro atoms. The number of benzene rings is 2. The van der Waals surface area contributed by atoms with Crippen LogP contribution in [0.2, 0.25) is 5.02 Å². The van der Waals surface area contributed by atoms with E-state index in [9.17, 15) is 17.6 Å². The summed E-state index contributed by atoms with van der Waals surface area (Å²) in [6.07, 6.45) is 0. The van der Waals surface area contributed by atoms with Crippen molar-refractivity contribution in [2.45, 2.75) is 4.90 Å².